The minimum Gasteiger partial charge on any atom is -0.480 e. The van der Waals surface area contributed by atoms with Crippen molar-refractivity contribution in [3.05, 3.63) is 45.8 Å². The van der Waals surface area contributed by atoms with Gasteiger partial charge in [-0.05, 0) is 49.4 Å². The van der Waals surface area contributed by atoms with E-state index in [2.05, 4.69) is 22.1 Å². The zero-order valence-corrected chi connectivity index (χ0v) is 23.4. The number of aryl methyl sites for hydroxylation is 1. The van der Waals surface area contributed by atoms with Crippen LogP contribution in [0, 0.1) is 11.8 Å². The third-order valence-corrected chi connectivity index (χ3v) is 7.96. The number of nitrogens with zero attached hydrogens (tertiary/aromatic N) is 4. The Hall–Kier alpha value is -3.17. The molecule has 39 heavy (non-hydrogen) atoms. The number of hydrogen-bond donors (Lipinski definition) is 1. The van der Waals surface area contributed by atoms with Gasteiger partial charge in [-0.25, -0.2) is 4.98 Å². The summed E-state index contributed by atoms with van der Waals surface area (Å²) in [7, 11) is 0. The summed E-state index contributed by atoms with van der Waals surface area (Å²) in [5.41, 5.74) is 1.34. The van der Waals surface area contributed by atoms with Crippen molar-refractivity contribution in [1.82, 2.24) is 14.5 Å². The highest BCUT2D eigenvalue weighted by Crippen LogP contribution is 2.30. The molecule has 2 aliphatic heterocycles. The molecule has 0 unspecified atom stereocenters. The minimum atomic E-state index is -0.234. The van der Waals surface area contributed by atoms with Crippen LogP contribution in [0.4, 0.5) is 17.5 Å². The first-order valence-electron chi connectivity index (χ1n) is 13.9. The van der Waals surface area contributed by atoms with E-state index >= 15 is 0 Å². The predicted molar refractivity (Wildman–Crippen MR) is 153 cm³/mol. The first kappa shape index (κ1) is 27.4. The molecule has 3 aromatic rings. The van der Waals surface area contributed by atoms with E-state index in [1.54, 1.807) is 23.8 Å². The minimum absolute atomic E-state index is 0.0590. The van der Waals surface area contributed by atoms with Gasteiger partial charge in [0.15, 0.2) is 17.4 Å². The molecule has 0 amide bonds. The number of piperidine rings is 1. The monoisotopic (exact) mass is 553 g/mol. The van der Waals surface area contributed by atoms with Gasteiger partial charge in [0.05, 0.1) is 24.9 Å². The molecule has 2 aromatic heterocycles. The van der Waals surface area contributed by atoms with Crippen LogP contribution < -0.4 is 20.5 Å². The highest BCUT2D eigenvalue weighted by atomic mass is 35.5. The van der Waals surface area contributed by atoms with Crippen LogP contribution in [0.25, 0.3) is 10.9 Å². The number of rotatable bonds is 11. The average Bonchev–Trinajstić information content (AvgIpc) is 2.93. The molecular weight excluding hydrogens is 518 g/mol. The standard InChI is InChI=1S/C29H36ClN5O4/c1-3-19-6-5-10-34(15-19)29-31-14-24(30)27(33-29)32-22-7-8-25-21(12-22)13-26(39-18-23(36)4-2)28(37)35(25)11-9-20-16-38-17-20/h7-8,12-14,19-20H,3-6,9-11,15-18H2,1-2H3,(H,31,32,33)/t19-/m0/s1. The maximum absolute atomic E-state index is 13.3. The van der Waals surface area contributed by atoms with E-state index in [1.165, 1.54) is 6.42 Å². The van der Waals surface area contributed by atoms with Crippen molar-refractivity contribution in [2.75, 3.05) is 43.1 Å². The van der Waals surface area contributed by atoms with Crippen LogP contribution >= 0.6 is 11.6 Å². The van der Waals surface area contributed by atoms with Crippen LogP contribution in [0.1, 0.15) is 46.0 Å². The van der Waals surface area contributed by atoms with Gasteiger partial charge in [-0.1, -0.05) is 31.9 Å². The van der Waals surface area contributed by atoms with E-state index in [1.807, 2.05) is 18.2 Å². The molecule has 208 valence electrons. The van der Waals surface area contributed by atoms with Crippen LogP contribution in [-0.4, -0.2) is 53.2 Å². The van der Waals surface area contributed by atoms with E-state index in [9.17, 15) is 9.59 Å². The summed E-state index contributed by atoms with van der Waals surface area (Å²) >= 11 is 6.49. The summed E-state index contributed by atoms with van der Waals surface area (Å²) in [4.78, 5) is 36.7. The summed E-state index contributed by atoms with van der Waals surface area (Å²) in [5, 5.41) is 4.59. The first-order chi connectivity index (χ1) is 18.9. The molecule has 0 saturated carbocycles. The summed E-state index contributed by atoms with van der Waals surface area (Å²) in [6.45, 7) is 7.75. The van der Waals surface area contributed by atoms with E-state index in [0.717, 1.165) is 62.2 Å². The Kier molecular flexibility index (Phi) is 8.67. The smallest absolute Gasteiger partial charge is 0.293 e. The topological polar surface area (TPSA) is 98.6 Å². The zero-order valence-electron chi connectivity index (χ0n) is 22.6. The molecule has 4 heterocycles. The van der Waals surface area contributed by atoms with E-state index in [4.69, 9.17) is 26.1 Å². The summed E-state index contributed by atoms with van der Waals surface area (Å²) < 4.78 is 12.7. The van der Waals surface area contributed by atoms with Gasteiger partial charge < -0.3 is 24.3 Å². The van der Waals surface area contributed by atoms with Crippen LogP contribution in [0.15, 0.2) is 35.3 Å². The Balaban J connectivity index is 1.43. The average molecular weight is 554 g/mol. The Morgan fingerprint density at radius 2 is 2.08 bits per heavy atom. The lowest BCUT2D eigenvalue weighted by atomic mass is 9.96. The van der Waals surface area contributed by atoms with Crippen molar-refractivity contribution in [1.29, 1.82) is 0 Å². The number of fused-ring (bicyclic) bond motifs is 1. The molecule has 0 bridgehead atoms. The van der Waals surface area contributed by atoms with Gasteiger partial charge in [-0.15, -0.1) is 0 Å². The zero-order chi connectivity index (χ0) is 27.4. The first-order valence-corrected chi connectivity index (χ1v) is 14.3. The number of pyridine rings is 1. The Bertz CT molecular complexity index is 1390. The highest BCUT2D eigenvalue weighted by Gasteiger charge is 2.22. The normalized spacial score (nSPS) is 17.7. The fourth-order valence-electron chi connectivity index (χ4n) is 5.10. The van der Waals surface area contributed by atoms with Crippen LogP contribution in [0.2, 0.25) is 5.02 Å². The number of carbonyl (C=O) groups is 1. The fraction of sp³-hybridized carbons (Fsp3) is 0.517. The van der Waals surface area contributed by atoms with E-state index < -0.39 is 0 Å². The second-order valence-corrected chi connectivity index (χ2v) is 10.9. The highest BCUT2D eigenvalue weighted by molar-refractivity contribution is 6.32. The molecule has 1 N–H and O–H groups in total. The maximum Gasteiger partial charge on any atom is 0.293 e. The van der Waals surface area contributed by atoms with E-state index in [0.29, 0.717) is 41.6 Å². The van der Waals surface area contributed by atoms with Crippen molar-refractivity contribution < 1.29 is 14.3 Å². The number of nitrogens with one attached hydrogen (secondary N) is 1. The van der Waals surface area contributed by atoms with Crippen LogP contribution in [0.5, 0.6) is 5.75 Å². The molecule has 0 radical (unpaired) electrons. The quantitative estimate of drug-likeness (QED) is 0.345. The third kappa shape index (κ3) is 6.36. The summed E-state index contributed by atoms with van der Waals surface area (Å²) in [6, 6.07) is 7.49. The van der Waals surface area contributed by atoms with Gasteiger partial charge in [0.25, 0.3) is 5.56 Å². The largest absolute Gasteiger partial charge is 0.480 e. The molecular formula is C29H36ClN5O4. The van der Waals surface area contributed by atoms with Crippen molar-refractivity contribution in [3.8, 4) is 5.75 Å². The number of anilines is 3. The van der Waals surface area contributed by atoms with Crippen LogP contribution in [0.3, 0.4) is 0 Å². The molecule has 1 aromatic carbocycles. The van der Waals surface area contributed by atoms with Crippen molar-refractivity contribution in [2.24, 2.45) is 11.8 Å². The summed E-state index contributed by atoms with van der Waals surface area (Å²) in [5.74, 6) is 2.41. The number of ketones is 1. The number of halogens is 1. The SMILES string of the molecule is CCC(=O)COc1cc2cc(Nc3nc(N4CCC[C@H](CC)C4)ncc3Cl)ccc2n(CCC2COC2)c1=O. The van der Waals surface area contributed by atoms with Gasteiger partial charge in [-0.3, -0.25) is 9.59 Å². The lowest BCUT2D eigenvalue weighted by Gasteiger charge is -2.32. The van der Waals surface area contributed by atoms with Gasteiger partial charge in [0, 0.05) is 43.0 Å². The summed E-state index contributed by atoms with van der Waals surface area (Å²) in [6.07, 6.45) is 6.34. The van der Waals surface area contributed by atoms with Crippen molar-refractivity contribution in [2.45, 2.75) is 52.5 Å². The lowest BCUT2D eigenvalue weighted by Crippen LogP contribution is -2.36. The van der Waals surface area contributed by atoms with Gasteiger partial charge >= 0.3 is 0 Å². The number of benzene rings is 1. The molecule has 2 fully saturated rings. The van der Waals surface area contributed by atoms with Gasteiger partial charge in [0.1, 0.15) is 11.6 Å². The Labute approximate surface area is 233 Å². The number of carbonyl (C=O) groups excluding carboxylic acids is 1. The molecule has 1 atom stereocenters. The number of hydrogen-bond acceptors (Lipinski definition) is 8. The number of Topliss-reactive ketones (excluding diaryl/α,β-unsaturated/α-hetero) is 1. The number of ether oxygens (including phenoxy) is 2. The van der Waals surface area contributed by atoms with Crippen molar-refractivity contribution in [3.63, 3.8) is 0 Å². The second-order valence-electron chi connectivity index (χ2n) is 10.5. The van der Waals surface area contributed by atoms with Crippen LogP contribution in [-0.2, 0) is 16.1 Å². The molecule has 10 heteroatoms. The Morgan fingerprint density at radius 3 is 2.82 bits per heavy atom. The second kappa shape index (κ2) is 12.3. The van der Waals surface area contributed by atoms with E-state index in [-0.39, 0.29) is 23.7 Å². The molecule has 0 aliphatic carbocycles. The predicted octanol–water partition coefficient (Wildman–Crippen LogP) is 5.21. The molecule has 2 saturated heterocycles. The lowest BCUT2D eigenvalue weighted by molar-refractivity contribution is -0.120. The fourth-order valence-corrected chi connectivity index (χ4v) is 5.24. The van der Waals surface area contributed by atoms with Gasteiger partial charge in [-0.2, -0.15) is 4.98 Å². The molecule has 9 nitrogen and oxygen atoms in total. The van der Waals surface area contributed by atoms with Gasteiger partial charge in [0.2, 0.25) is 5.95 Å². The number of aromatic nitrogens is 3. The molecule has 0 spiro atoms. The molecule has 5 rings (SSSR count). The maximum atomic E-state index is 13.3. The molecule has 2 aliphatic rings. The van der Waals surface area contributed by atoms with Crippen molar-refractivity contribution >= 4 is 45.7 Å². The Morgan fingerprint density at radius 1 is 1.23 bits per heavy atom. The third-order valence-electron chi connectivity index (χ3n) is 7.69.